The normalized spacial score (nSPS) is 16.1. The van der Waals surface area contributed by atoms with E-state index in [4.69, 9.17) is 4.74 Å². The topological polar surface area (TPSA) is 81.9 Å². The van der Waals surface area contributed by atoms with Crippen LogP contribution in [0.2, 0.25) is 0 Å². The zero-order valence-corrected chi connectivity index (χ0v) is 15.6. The van der Waals surface area contributed by atoms with Crippen molar-refractivity contribution in [1.29, 1.82) is 0 Å². The Labute approximate surface area is 163 Å². The van der Waals surface area contributed by atoms with E-state index in [0.717, 1.165) is 48.8 Å². The number of aryl methyl sites for hydroxylation is 1. The summed E-state index contributed by atoms with van der Waals surface area (Å²) in [5, 5.41) is 11.8. The first kappa shape index (κ1) is 18.2. The highest BCUT2D eigenvalue weighted by molar-refractivity contribution is 5.76. The van der Waals surface area contributed by atoms with Gasteiger partial charge in [0, 0.05) is 37.0 Å². The predicted molar refractivity (Wildman–Crippen MR) is 105 cm³/mol. The monoisotopic (exact) mass is 377 g/mol. The maximum atomic E-state index is 12.3. The van der Waals surface area contributed by atoms with E-state index >= 15 is 0 Å². The van der Waals surface area contributed by atoms with Crippen molar-refractivity contribution >= 4 is 5.91 Å². The summed E-state index contributed by atoms with van der Waals surface area (Å²) >= 11 is 0. The van der Waals surface area contributed by atoms with Crippen LogP contribution in [0, 0.1) is 0 Å². The highest BCUT2D eigenvalue weighted by Crippen LogP contribution is 2.22. The number of nitrogens with zero attached hydrogens (tertiary/aromatic N) is 4. The number of rotatable bonds is 6. The van der Waals surface area contributed by atoms with E-state index in [1.165, 1.54) is 0 Å². The number of amides is 1. The number of hydrogen-bond donors (Lipinski definition) is 1. The second-order valence-electron chi connectivity index (χ2n) is 6.83. The van der Waals surface area contributed by atoms with Crippen molar-refractivity contribution in [3.05, 3.63) is 60.7 Å². The largest absolute Gasteiger partial charge is 0.493 e. The van der Waals surface area contributed by atoms with Crippen molar-refractivity contribution in [1.82, 2.24) is 25.1 Å². The van der Waals surface area contributed by atoms with Gasteiger partial charge in [-0.1, -0.05) is 18.2 Å². The zero-order valence-electron chi connectivity index (χ0n) is 15.6. The molecule has 1 amide bonds. The molecule has 0 aliphatic carbocycles. The highest BCUT2D eigenvalue weighted by Gasteiger charge is 2.22. The van der Waals surface area contributed by atoms with Gasteiger partial charge in [-0.2, -0.15) is 0 Å². The number of para-hydroxylation sites is 1. The van der Waals surface area contributed by atoms with Crippen molar-refractivity contribution in [2.75, 3.05) is 6.61 Å². The summed E-state index contributed by atoms with van der Waals surface area (Å²) in [7, 11) is 0. The van der Waals surface area contributed by atoms with Crippen LogP contribution in [0.15, 0.2) is 54.9 Å². The Hall–Kier alpha value is -3.22. The van der Waals surface area contributed by atoms with Gasteiger partial charge in [-0.25, -0.2) is 0 Å². The van der Waals surface area contributed by atoms with Crippen LogP contribution in [0.5, 0.6) is 5.75 Å². The Morgan fingerprint density at radius 1 is 1.11 bits per heavy atom. The van der Waals surface area contributed by atoms with Crippen molar-refractivity contribution in [2.24, 2.45) is 0 Å². The molecule has 3 heterocycles. The highest BCUT2D eigenvalue weighted by atomic mass is 16.5. The summed E-state index contributed by atoms with van der Waals surface area (Å²) in [6, 6.07) is 13.6. The Balaban J connectivity index is 1.29. The maximum absolute atomic E-state index is 12.3. The SMILES string of the molecule is O=C(CCOc1ccccc1)NC1CCc2nnc(-c3ccncc3)n2CC1. The van der Waals surface area contributed by atoms with Crippen LogP contribution in [0.1, 0.15) is 25.1 Å². The van der Waals surface area contributed by atoms with Gasteiger partial charge in [0.25, 0.3) is 0 Å². The quantitative estimate of drug-likeness (QED) is 0.714. The van der Waals surface area contributed by atoms with Crippen molar-refractivity contribution in [3.63, 3.8) is 0 Å². The van der Waals surface area contributed by atoms with Gasteiger partial charge in [0.1, 0.15) is 11.6 Å². The summed E-state index contributed by atoms with van der Waals surface area (Å²) in [5.74, 6) is 2.64. The molecule has 3 aromatic rings. The van der Waals surface area contributed by atoms with Crippen LogP contribution in [0.4, 0.5) is 0 Å². The molecule has 1 aliphatic heterocycles. The molecule has 28 heavy (non-hydrogen) atoms. The third-order valence-electron chi connectivity index (χ3n) is 4.89. The third-order valence-corrected chi connectivity index (χ3v) is 4.89. The lowest BCUT2D eigenvalue weighted by molar-refractivity contribution is -0.122. The second kappa shape index (κ2) is 8.65. The Morgan fingerprint density at radius 2 is 1.93 bits per heavy atom. The first-order valence-electron chi connectivity index (χ1n) is 9.59. The molecule has 0 saturated carbocycles. The lowest BCUT2D eigenvalue weighted by Gasteiger charge is -2.16. The fourth-order valence-electron chi connectivity index (χ4n) is 3.42. The van der Waals surface area contributed by atoms with Gasteiger partial charge in [-0.15, -0.1) is 10.2 Å². The summed E-state index contributed by atoms with van der Waals surface area (Å²) in [5.41, 5.74) is 1.01. The number of pyridine rings is 1. The van der Waals surface area contributed by atoms with E-state index < -0.39 is 0 Å². The molecule has 1 atom stereocenters. The van der Waals surface area contributed by atoms with Gasteiger partial charge >= 0.3 is 0 Å². The van der Waals surface area contributed by atoms with E-state index in [1.54, 1.807) is 12.4 Å². The van der Waals surface area contributed by atoms with Gasteiger partial charge in [0.2, 0.25) is 5.91 Å². The molecule has 1 unspecified atom stereocenters. The van der Waals surface area contributed by atoms with Gasteiger partial charge in [-0.05, 0) is 37.1 Å². The van der Waals surface area contributed by atoms with Crippen LogP contribution in [0.3, 0.4) is 0 Å². The Kier molecular flexibility index (Phi) is 5.61. The van der Waals surface area contributed by atoms with E-state index in [2.05, 4.69) is 25.1 Å². The van der Waals surface area contributed by atoms with E-state index in [-0.39, 0.29) is 11.9 Å². The van der Waals surface area contributed by atoms with Crippen molar-refractivity contribution in [3.8, 4) is 17.1 Å². The number of carbonyl (C=O) groups excluding carboxylic acids is 1. The molecule has 0 spiro atoms. The van der Waals surface area contributed by atoms with Crippen molar-refractivity contribution < 1.29 is 9.53 Å². The van der Waals surface area contributed by atoms with Crippen LogP contribution >= 0.6 is 0 Å². The van der Waals surface area contributed by atoms with E-state index in [1.807, 2.05) is 42.5 Å². The lowest BCUT2D eigenvalue weighted by Crippen LogP contribution is -2.35. The number of benzene rings is 1. The van der Waals surface area contributed by atoms with Crippen molar-refractivity contribution in [2.45, 2.75) is 38.3 Å². The predicted octanol–water partition coefficient (Wildman–Crippen LogP) is 2.63. The molecule has 0 saturated heterocycles. The van der Waals surface area contributed by atoms with E-state index in [9.17, 15) is 4.79 Å². The minimum Gasteiger partial charge on any atom is -0.493 e. The molecule has 0 bridgehead atoms. The Morgan fingerprint density at radius 3 is 2.75 bits per heavy atom. The first-order chi connectivity index (χ1) is 13.8. The molecule has 1 aromatic carbocycles. The van der Waals surface area contributed by atoms with Gasteiger partial charge in [0.05, 0.1) is 13.0 Å². The third kappa shape index (κ3) is 4.36. The van der Waals surface area contributed by atoms with Gasteiger partial charge in [0.15, 0.2) is 5.82 Å². The van der Waals surface area contributed by atoms with Crippen LogP contribution in [-0.2, 0) is 17.8 Å². The standard InChI is InChI=1S/C21H23N5O2/c27-20(11-15-28-18-4-2-1-3-5-18)23-17-6-7-19-24-25-21(26(19)14-10-17)16-8-12-22-13-9-16/h1-5,8-9,12-13,17H,6-7,10-11,14-15H2,(H,23,27). The first-order valence-corrected chi connectivity index (χ1v) is 9.59. The number of nitrogens with one attached hydrogen (secondary N) is 1. The lowest BCUT2D eigenvalue weighted by atomic mass is 10.1. The van der Waals surface area contributed by atoms with Gasteiger partial charge < -0.3 is 14.6 Å². The molecule has 7 nitrogen and oxygen atoms in total. The Bertz CT molecular complexity index is 911. The van der Waals surface area contributed by atoms with Gasteiger partial charge in [-0.3, -0.25) is 9.78 Å². The summed E-state index contributed by atoms with van der Waals surface area (Å²) in [6.07, 6.45) is 6.37. The van der Waals surface area contributed by atoms with Crippen LogP contribution in [-0.4, -0.2) is 38.3 Å². The molecular weight excluding hydrogens is 354 g/mol. The smallest absolute Gasteiger partial charge is 0.223 e. The number of fused-ring (bicyclic) bond motifs is 1. The second-order valence-corrected chi connectivity index (χ2v) is 6.83. The zero-order chi connectivity index (χ0) is 19.2. The van der Waals surface area contributed by atoms with E-state index in [0.29, 0.717) is 13.0 Å². The number of aromatic nitrogens is 4. The average molecular weight is 377 g/mol. The van der Waals surface area contributed by atoms with Crippen LogP contribution in [0.25, 0.3) is 11.4 Å². The number of carbonyl (C=O) groups is 1. The molecule has 1 aliphatic rings. The molecule has 144 valence electrons. The molecule has 2 aromatic heterocycles. The minimum absolute atomic E-state index is 0.0213. The minimum atomic E-state index is 0.0213. The molecule has 7 heteroatoms. The molecule has 0 fully saturated rings. The van der Waals surface area contributed by atoms with Crippen LogP contribution < -0.4 is 10.1 Å². The molecule has 4 rings (SSSR count). The number of ether oxygens (including phenoxy) is 1. The summed E-state index contributed by atoms with van der Waals surface area (Å²) < 4.78 is 7.76. The maximum Gasteiger partial charge on any atom is 0.223 e. The molecule has 1 N–H and O–H groups in total. The molecular formula is C21H23N5O2. The fourth-order valence-corrected chi connectivity index (χ4v) is 3.42. The average Bonchev–Trinajstić information content (AvgIpc) is 3.04. The number of hydrogen-bond acceptors (Lipinski definition) is 5. The fraction of sp³-hybridized carbons (Fsp3) is 0.333. The summed E-state index contributed by atoms with van der Waals surface area (Å²) in [4.78, 5) is 16.3. The summed E-state index contributed by atoms with van der Waals surface area (Å²) in [6.45, 7) is 1.16. The molecule has 0 radical (unpaired) electrons.